The fourth-order valence-electron chi connectivity index (χ4n) is 1.83. The molecule has 0 atom stereocenters. The van der Waals surface area contributed by atoms with Crippen molar-refractivity contribution < 1.29 is 0 Å². The Morgan fingerprint density at radius 3 is 2.71 bits per heavy atom. The van der Waals surface area contributed by atoms with Gasteiger partial charge in [0.2, 0.25) is 0 Å². The first-order chi connectivity index (χ1) is 8.15. The summed E-state index contributed by atoms with van der Waals surface area (Å²) in [7, 11) is 2.18. The molecule has 0 spiro atoms. The normalized spacial score (nSPS) is 18.0. The average Bonchev–Trinajstić information content (AvgIpc) is 2.76. The molecule has 0 unspecified atom stereocenters. The summed E-state index contributed by atoms with van der Waals surface area (Å²) in [5, 5.41) is 6.75. The minimum absolute atomic E-state index is 0.517. The maximum atomic E-state index is 4.69. The van der Waals surface area contributed by atoms with Gasteiger partial charge in [-0.25, -0.2) is 4.98 Å². The van der Waals surface area contributed by atoms with Crippen LogP contribution in [0.2, 0.25) is 0 Å². The summed E-state index contributed by atoms with van der Waals surface area (Å²) >= 11 is 1.77. The lowest BCUT2D eigenvalue weighted by Crippen LogP contribution is -2.44. The fraction of sp³-hybridized carbons (Fsp3) is 0.750. The van der Waals surface area contributed by atoms with Crippen LogP contribution in [0.3, 0.4) is 0 Å². The van der Waals surface area contributed by atoms with Crippen molar-refractivity contribution in [1.29, 1.82) is 0 Å². The van der Waals surface area contributed by atoms with Crippen LogP contribution in [-0.4, -0.2) is 49.2 Å². The Hall–Kier alpha value is -0.650. The summed E-state index contributed by atoms with van der Waals surface area (Å²) in [6.07, 6.45) is 0. The minimum atomic E-state index is 0.517. The Morgan fingerprint density at radius 1 is 1.35 bits per heavy atom. The largest absolute Gasteiger partial charge is 0.346 e. The van der Waals surface area contributed by atoms with Crippen LogP contribution in [0.5, 0.6) is 0 Å². The Kier molecular flexibility index (Phi) is 4.36. The number of nitrogens with zero attached hydrogens (tertiary/aromatic N) is 3. The molecule has 1 N–H and O–H groups in total. The Balaban J connectivity index is 1.89. The minimum Gasteiger partial charge on any atom is -0.346 e. The molecule has 0 aliphatic carbocycles. The van der Waals surface area contributed by atoms with Gasteiger partial charge in [-0.2, -0.15) is 0 Å². The zero-order valence-corrected chi connectivity index (χ0v) is 11.8. The lowest BCUT2D eigenvalue weighted by atomic mass is 10.3. The van der Waals surface area contributed by atoms with Crippen LogP contribution in [0, 0.1) is 0 Å². The molecule has 1 aliphatic rings. The molecule has 0 saturated carbocycles. The highest BCUT2D eigenvalue weighted by Crippen LogP contribution is 2.21. The van der Waals surface area contributed by atoms with E-state index in [0.29, 0.717) is 6.04 Å². The molecular formula is C12H22N4S. The molecule has 17 heavy (non-hydrogen) atoms. The van der Waals surface area contributed by atoms with Crippen molar-refractivity contribution >= 4 is 16.5 Å². The van der Waals surface area contributed by atoms with E-state index in [1.54, 1.807) is 11.3 Å². The third kappa shape index (κ3) is 3.66. The van der Waals surface area contributed by atoms with Gasteiger partial charge in [-0.3, -0.25) is 0 Å². The molecule has 1 aromatic rings. The average molecular weight is 254 g/mol. The number of nitrogens with one attached hydrogen (secondary N) is 1. The van der Waals surface area contributed by atoms with Gasteiger partial charge in [-0.05, 0) is 7.05 Å². The Bertz CT molecular complexity index is 342. The molecule has 0 radical (unpaired) electrons. The van der Waals surface area contributed by atoms with Crippen molar-refractivity contribution in [3.63, 3.8) is 0 Å². The molecule has 4 nitrogen and oxygen atoms in total. The van der Waals surface area contributed by atoms with Crippen molar-refractivity contribution in [3.05, 3.63) is 11.1 Å². The Morgan fingerprint density at radius 2 is 2.06 bits per heavy atom. The predicted molar refractivity (Wildman–Crippen MR) is 73.8 cm³/mol. The number of anilines is 1. The van der Waals surface area contributed by atoms with Crippen molar-refractivity contribution in [3.8, 4) is 0 Å². The second-order valence-corrected chi connectivity index (χ2v) is 5.78. The predicted octanol–water partition coefficient (Wildman–Crippen LogP) is 1.39. The van der Waals surface area contributed by atoms with Crippen LogP contribution in [0.25, 0.3) is 0 Å². The summed E-state index contributed by atoms with van der Waals surface area (Å²) in [6, 6.07) is 0.517. The number of hydrogen-bond donors (Lipinski definition) is 1. The van der Waals surface area contributed by atoms with Crippen molar-refractivity contribution in [2.45, 2.75) is 26.4 Å². The Labute approximate surface area is 108 Å². The van der Waals surface area contributed by atoms with Crippen LogP contribution < -0.4 is 10.2 Å². The van der Waals surface area contributed by atoms with Crippen LogP contribution in [0.1, 0.15) is 19.5 Å². The summed E-state index contributed by atoms with van der Waals surface area (Å²) < 4.78 is 0. The van der Waals surface area contributed by atoms with E-state index in [2.05, 4.69) is 41.4 Å². The zero-order valence-electron chi connectivity index (χ0n) is 10.9. The van der Waals surface area contributed by atoms with Crippen molar-refractivity contribution in [1.82, 2.24) is 15.2 Å². The van der Waals surface area contributed by atoms with E-state index in [9.17, 15) is 0 Å². The summed E-state index contributed by atoms with van der Waals surface area (Å²) in [6.45, 7) is 9.67. The van der Waals surface area contributed by atoms with Crippen LogP contribution in [-0.2, 0) is 6.54 Å². The molecule has 0 amide bonds. The number of thiazole rings is 1. The molecule has 5 heteroatoms. The van der Waals surface area contributed by atoms with Gasteiger partial charge in [-0.1, -0.05) is 13.8 Å². The second-order valence-electron chi connectivity index (χ2n) is 4.95. The molecule has 1 fully saturated rings. The topological polar surface area (TPSA) is 31.4 Å². The number of rotatable bonds is 4. The molecule has 1 saturated heterocycles. The van der Waals surface area contributed by atoms with Gasteiger partial charge in [0, 0.05) is 44.1 Å². The number of piperazine rings is 1. The van der Waals surface area contributed by atoms with E-state index in [1.807, 2.05) is 0 Å². The molecule has 0 aromatic carbocycles. The monoisotopic (exact) mass is 254 g/mol. The molecular weight excluding hydrogens is 232 g/mol. The van der Waals surface area contributed by atoms with E-state index in [-0.39, 0.29) is 0 Å². The van der Waals surface area contributed by atoms with Gasteiger partial charge < -0.3 is 15.1 Å². The number of hydrogen-bond acceptors (Lipinski definition) is 5. The van der Waals surface area contributed by atoms with Crippen LogP contribution >= 0.6 is 11.3 Å². The highest BCUT2D eigenvalue weighted by molar-refractivity contribution is 7.13. The first-order valence-electron chi connectivity index (χ1n) is 6.26. The first kappa shape index (κ1) is 12.8. The summed E-state index contributed by atoms with van der Waals surface area (Å²) in [5.74, 6) is 0. The van der Waals surface area contributed by atoms with E-state index < -0.39 is 0 Å². The van der Waals surface area contributed by atoms with E-state index in [1.165, 1.54) is 5.13 Å². The summed E-state index contributed by atoms with van der Waals surface area (Å²) in [4.78, 5) is 9.45. The third-order valence-electron chi connectivity index (χ3n) is 3.00. The maximum absolute atomic E-state index is 4.69. The second kappa shape index (κ2) is 5.80. The molecule has 2 heterocycles. The lowest BCUT2D eigenvalue weighted by molar-refractivity contribution is 0.312. The van der Waals surface area contributed by atoms with E-state index in [0.717, 1.165) is 38.4 Å². The van der Waals surface area contributed by atoms with Gasteiger partial charge in [0.1, 0.15) is 0 Å². The molecule has 1 aromatic heterocycles. The van der Waals surface area contributed by atoms with Gasteiger partial charge in [0.05, 0.1) is 5.69 Å². The van der Waals surface area contributed by atoms with Crippen LogP contribution in [0.4, 0.5) is 5.13 Å². The van der Waals surface area contributed by atoms with E-state index >= 15 is 0 Å². The molecule has 2 rings (SSSR count). The SMILES string of the molecule is CC(C)NCc1csc(N2CCN(C)CC2)n1. The smallest absolute Gasteiger partial charge is 0.185 e. The highest BCUT2D eigenvalue weighted by Gasteiger charge is 2.16. The quantitative estimate of drug-likeness (QED) is 0.880. The lowest BCUT2D eigenvalue weighted by Gasteiger charge is -2.32. The van der Waals surface area contributed by atoms with Crippen molar-refractivity contribution in [2.75, 3.05) is 38.1 Å². The molecule has 0 bridgehead atoms. The van der Waals surface area contributed by atoms with Gasteiger partial charge >= 0.3 is 0 Å². The number of likely N-dealkylation sites (N-methyl/N-ethyl adjacent to an activating group) is 1. The third-order valence-corrected chi connectivity index (χ3v) is 3.96. The van der Waals surface area contributed by atoms with Gasteiger partial charge in [-0.15, -0.1) is 11.3 Å². The van der Waals surface area contributed by atoms with Crippen molar-refractivity contribution in [2.24, 2.45) is 0 Å². The molecule has 96 valence electrons. The fourth-order valence-corrected chi connectivity index (χ4v) is 2.71. The highest BCUT2D eigenvalue weighted by atomic mass is 32.1. The first-order valence-corrected chi connectivity index (χ1v) is 7.14. The van der Waals surface area contributed by atoms with Gasteiger partial charge in [0.25, 0.3) is 0 Å². The standard InChI is InChI=1S/C12H22N4S/c1-10(2)13-8-11-9-17-12(14-11)16-6-4-15(3)5-7-16/h9-10,13H,4-8H2,1-3H3. The number of aromatic nitrogens is 1. The zero-order chi connectivity index (χ0) is 12.3. The molecule has 1 aliphatic heterocycles. The summed E-state index contributed by atoms with van der Waals surface area (Å²) in [5.41, 5.74) is 1.16. The van der Waals surface area contributed by atoms with E-state index in [4.69, 9.17) is 4.98 Å². The van der Waals surface area contributed by atoms with Crippen LogP contribution in [0.15, 0.2) is 5.38 Å². The maximum Gasteiger partial charge on any atom is 0.185 e. The van der Waals surface area contributed by atoms with Gasteiger partial charge in [0.15, 0.2) is 5.13 Å².